The van der Waals surface area contributed by atoms with Crippen LogP contribution in [-0.4, -0.2) is 29.0 Å². The van der Waals surface area contributed by atoms with Crippen molar-refractivity contribution in [2.45, 2.75) is 12.7 Å². The number of esters is 2. The second-order valence-electron chi connectivity index (χ2n) is 6.80. The lowest BCUT2D eigenvalue weighted by Crippen LogP contribution is -2.35. The zero-order valence-electron chi connectivity index (χ0n) is 16.5. The first-order valence-electron chi connectivity index (χ1n) is 9.60. The van der Waals surface area contributed by atoms with Gasteiger partial charge in [-0.05, 0) is 29.8 Å². The highest BCUT2D eigenvalue weighted by molar-refractivity contribution is 5.97. The molecule has 7 nitrogen and oxygen atoms in total. The van der Waals surface area contributed by atoms with Crippen LogP contribution in [-0.2, 0) is 25.5 Å². The van der Waals surface area contributed by atoms with Crippen molar-refractivity contribution in [2.24, 2.45) is 10.7 Å². The Hall–Kier alpha value is -4.26. The molecule has 1 aromatic heterocycles. The molecule has 0 atom stereocenters. The van der Waals surface area contributed by atoms with Gasteiger partial charge in [0.05, 0.1) is 11.4 Å². The largest absolute Gasteiger partial charge is 0.414 e. The van der Waals surface area contributed by atoms with Crippen LogP contribution in [0.15, 0.2) is 89.9 Å². The number of benzene rings is 2. The zero-order valence-corrected chi connectivity index (χ0v) is 16.5. The van der Waals surface area contributed by atoms with Crippen molar-refractivity contribution in [3.05, 3.63) is 96.2 Å². The van der Waals surface area contributed by atoms with Crippen molar-refractivity contribution in [3.63, 3.8) is 0 Å². The standard InChI is InChI=1S/C24H19N3O4/c25-23(24-30-21(28)13-14-22(29)31-24)27-18-11-9-17(10-12-18)20-8-4-7-19(26-20)15-16-5-2-1-3-6-16/h1-14,24H,15H2,(H2,25,27). The summed E-state index contributed by atoms with van der Waals surface area (Å²) in [6.45, 7) is 0. The van der Waals surface area contributed by atoms with Crippen molar-refractivity contribution in [1.82, 2.24) is 4.98 Å². The molecule has 2 aromatic carbocycles. The van der Waals surface area contributed by atoms with Crippen LogP contribution in [0.2, 0.25) is 0 Å². The molecule has 0 saturated carbocycles. The number of nitrogens with zero attached hydrogens (tertiary/aromatic N) is 2. The number of amidine groups is 1. The van der Waals surface area contributed by atoms with E-state index >= 15 is 0 Å². The molecular weight excluding hydrogens is 394 g/mol. The Balaban J connectivity index is 1.49. The maximum atomic E-state index is 11.5. The summed E-state index contributed by atoms with van der Waals surface area (Å²) in [6, 6.07) is 23.3. The Labute approximate surface area is 178 Å². The molecule has 2 heterocycles. The minimum Gasteiger partial charge on any atom is -0.414 e. The number of carbonyl (C=O) groups excluding carboxylic acids is 2. The third-order valence-electron chi connectivity index (χ3n) is 4.50. The van der Waals surface area contributed by atoms with Gasteiger partial charge in [0.25, 0.3) is 0 Å². The third kappa shape index (κ3) is 5.22. The second kappa shape index (κ2) is 9.04. The topological polar surface area (TPSA) is 104 Å². The second-order valence-corrected chi connectivity index (χ2v) is 6.80. The van der Waals surface area contributed by atoms with Gasteiger partial charge in [-0.15, -0.1) is 0 Å². The molecule has 0 amide bonds. The first-order chi connectivity index (χ1) is 15.1. The number of rotatable bonds is 5. The number of ether oxygens (including phenoxy) is 2. The van der Waals surface area contributed by atoms with Crippen LogP contribution < -0.4 is 5.73 Å². The number of carbonyl (C=O) groups is 2. The van der Waals surface area contributed by atoms with Crippen LogP contribution in [0.25, 0.3) is 11.3 Å². The van der Waals surface area contributed by atoms with E-state index in [1.807, 2.05) is 48.5 Å². The van der Waals surface area contributed by atoms with Crippen molar-refractivity contribution in [2.75, 3.05) is 0 Å². The summed E-state index contributed by atoms with van der Waals surface area (Å²) in [5.41, 5.74) is 10.3. The molecule has 2 N–H and O–H groups in total. The van der Waals surface area contributed by atoms with E-state index in [0.29, 0.717) is 5.69 Å². The number of aliphatic imine (C=N–C) groups is 1. The molecule has 0 aliphatic carbocycles. The number of nitrogens with two attached hydrogens (primary N) is 1. The molecule has 3 aromatic rings. The number of cyclic esters (lactones) is 2. The third-order valence-corrected chi connectivity index (χ3v) is 4.50. The normalized spacial score (nSPS) is 14.6. The first kappa shape index (κ1) is 20.0. The van der Waals surface area contributed by atoms with E-state index in [-0.39, 0.29) is 5.84 Å². The smallest absolute Gasteiger partial charge is 0.334 e. The molecule has 7 heteroatoms. The van der Waals surface area contributed by atoms with Crippen LogP contribution >= 0.6 is 0 Å². The monoisotopic (exact) mass is 413 g/mol. The fraction of sp³-hybridized carbons (Fsp3) is 0.0833. The molecule has 4 rings (SSSR count). The zero-order chi connectivity index (χ0) is 21.6. The highest BCUT2D eigenvalue weighted by Crippen LogP contribution is 2.22. The lowest BCUT2D eigenvalue weighted by molar-refractivity contribution is -0.166. The summed E-state index contributed by atoms with van der Waals surface area (Å²) in [5, 5.41) is 0. The molecule has 1 aliphatic heterocycles. The van der Waals surface area contributed by atoms with E-state index in [2.05, 4.69) is 17.1 Å². The van der Waals surface area contributed by atoms with Gasteiger partial charge in [0.15, 0.2) is 5.84 Å². The highest BCUT2D eigenvalue weighted by Gasteiger charge is 2.24. The number of aromatic nitrogens is 1. The van der Waals surface area contributed by atoms with Crippen molar-refractivity contribution in [3.8, 4) is 11.3 Å². The first-order valence-corrected chi connectivity index (χ1v) is 9.60. The summed E-state index contributed by atoms with van der Waals surface area (Å²) in [4.78, 5) is 31.9. The predicted molar refractivity (Wildman–Crippen MR) is 115 cm³/mol. The van der Waals surface area contributed by atoms with Crippen molar-refractivity contribution < 1.29 is 19.1 Å². The average Bonchev–Trinajstić information content (AvgIpc) is 2.96. The van der Waals surface area contributed by atoms with E-state index in [9.17, 15) is 9.59 Å². The van der Waals surface area contributed by atoms with Gasteiger partial charge in [0.2, 0.25) is 0 Å². The van der Waals surface area contributed by atoms with E-state index in [0.717, 1.165) is 35.5 Å². The average molecular weight is 413 g/mol. The van der Waals surface area contributed by atoms with Gasteiger partial charge >= 0.3 is 18.2 Å². The summed E-state index contributed by atoms with van der Waals surface area (Å²) in [5.74, 6) is -1.60. The Kier molecular flexibility index (Phi) is 5.84. The fourth-order valence-electron chi connectivity index (χ4n) is 3.02. The minimum atomic E-state index is -1.37. The van der Waals surface area contributed by atoms with Gasteiger partial charge in [-0.25, -0.2) is 14.6 Å². The van der Waals surface area contributed by atoms with Crippen LogP contribution in [0.5, 0.6) is 0 Å². The SMILES string of the molecule is NC(=Nc1ccc(-c2cccc(Cc3ccccc3)n2)cc1)C1OC(=O)C=CC(=O)O1. The van der Waals surface area contributed by atoms with E-state index < -0.39 is 18.2 Å². The van der Waals surface area contributed by atoms with Gasteiger partial charge < -0.3 is 15.2 Å². The molecule has 154 valence electrons. The predicted octanol–water partition coefficient (Wildman–Crippen LogP) is 3.31. The molecule has 0 radical (unpaired) electrons. The van der Waals surface area contributed by atoms with Gasteiger partial charge in [0, 0.05) is 29.8 Å². The molecule has 0 unspecified atom stereocenters. The molecule has 0 fully saturated rings. The van der Waals surface area contributed by atoms with Gasteiger partial charge in [0.1, 0.15) is 0 Å². The molecule has 31 heavy (non-hydrogen) atoms. The number of hydrogen-bond donors (Lipinski definition) is 1. The van der Waals surface area contributed by atoms with Crippen LogP contribution in [0.4, 0.5) is 5.69 Å². The summed E-state index contributed by atoms with van der Waals surface area (Å²) in [7, 11) is 0. The molecule has 0 spiro atoms. The van der Waals surface area contributed by atoms with E-state index in [1.54, 1.807) is 12.1 Å². The molecule has 1 aliphatic rings. The lowest BCUT2D eigenvalue weighted by Gasteiger charge is -2.14. The van der Waals surface area contributed by atoms with Gasteiger partial charge in [-0.2, -0.15) is 0 Å². The highest BCUT2D eigenvalue weighted by atomic mass is 16.7. The number of pyridine rings is 1. The Morgan fingerprint density at radius 1 is 0.871 bits per heavy atom. The quantitative estimate of drug-likeness (QED) is 0.391. The summed E-state index contributed by atoms with van der Waals surface area (Å²) in [6.07, 6.45) is 1.33. The maximum absolute atomic E-state index is 11.5. The summed E-state index contributed by atoms with van der Waals surface area (Å²) < 4.78 is 9.87. The molecule has 0 bridgehead atoms. The Morgan fingerprint density at radius 3 is 2.23 bits per heavy atom. The molecule has 0 saturated heterocycles. The maximum Gasteiger partial charge on any atom is 0.334 e. The van der Waals surface area contributed by atoms with E-state index in [4.69, 9.17) is 20.2 Å². The number of hydrogen-bond acceptors (Lipinski definition) is 6. The lowest BCUT2D eigenvalue weighted by atomic mass is 10.1. The van der Waals surface area contributed by atoms with Crippen LogP contribution in [0, 0.1) is 0 Å². The minimum absolute atomic E-state index is 0.138. The fourth-order valence-corrected chi connectivity index (χ4v) is 3.02. The molecular formula is C24H19N3O4. The van der Waals surface area contributed by atoms with Crippen LogP contribution in [0.3, 0.4) is 0 Å². The Bertz CT molecular complexity index is 1130. The van der Waals surface area contributed by atoms with Gasteiger partial charge in [-0.1, -0.05) is 48.5 Å². The van der Waals surface area contributed by atoms with Gasteiger partial charge in [-0.3, -0.25) is 4.98 Å². The van der Waals surface area contributed by atoms with Crippen molar-refractivity contribution in [1.29, 1.82) is 0 Å². The summed E-state index contributed by atoms with van der Waals surface area (Å²) >= 11 is 0. The van der Waals surface area contributed by atoms with Crippen molar-refractivity contribution >= 4 is 23.5 Å². The Morgan fingerprint density at radius 2 is 1.55 bits per heavy atom. The van der Waals surface area contributed by atoms with Crippen LogP contribution in [0.1, 0.15) is 11.3 Å². The van der Waals surface area contributed by atoms with E-state index in [1.165, 1.54) is 5.56 Å².